The number of hydrogen-bond acceptors (Lipinski definition) is 1. The monoisotopic (exact) mass is 167 g/mol. The van der Waals surface area contributed by atoms with Gasteiger partial charge in [-0.1, -0.05) is 37.8 Å². The fourth-order valence-corrected chi connectivity index (χ4v) is 1.31. The smallest absolute Gasteiger partial charge is 0.152 e. The van der Waals surface area contributed by atoms with Crippen LogP contribution in [-0.2, 0) is 5.67 Å². The van der Waals surface area contributed by atoms with E-state index in [4.69, 9.17) is 5.73 Å². The van der Waals surface area contributed by atoms with E-state index >= 15 is 0 Å². The van der Waals surface area contributed by atoms with E-state index in [0.717, 1.165) is 0 Å². The van der Waals surface area contributed by atoms with Crippen molar-refractivity contribution in [2.45, 2.75) is 25.6 Å². The van der Waals surface area contributed by atoms with Crippen molar-refractivity contribution in [3.05, 3.63) is 35.9 Å². The highest BCUT2D eigenvalue weighted by molar-refractivity contribution is 5.31. The van der Waals surface area contributed by atoms with Crippen LogP contribution in [0, 0.1) is 0 Å². The van der Waals surface area contributed by atoms with Crippen molar-refractivity contribution < 1.29 is 4.39 Å². The number of halogens is 1. The largest absolute Gasteiger partial charge is 0.325 e. The molecule has 0 bridgehead atoms. The Morgan fingerprint density at radius 2 is 1.83 bits per heavy atom. The number of benzene rings is 1. The van der Waals surface area contributed by atoms with Gasteiger partial charge >= 0.3 is 0 Å². The Morgan fingerprint density at radius 1 is 1.33 bits per heavy atom. The lowest BCUT2D eigenvalue weighted by Gasteiger charge is -2.04. The van der Waals surface area contributed by atoms with Gasteiger partial charge in [0.05, 0.1) is 0 Å². The van der Waals surface area contributed by atoms with E-state index in [1.54, 1.807) is 12.1 Å². The standard InChI is InChI=1S/C9H10FN.CH4/c10-9(6-8(9)11)7-4-2-1-3-5-7;/h1-5,8H,6,11H2;1H4/t8-,9-;/m0./s1. The van der Waals surface area contributed by atoms with Gasteiger partial charge in [0, 0.05) is 12.5 Å². The summed E-state index contributed by atoms with van der Waals surface area (Å²) < 4.78 is 13.5. The zero-order valence-corrected chi connectivity index (χ0v) is 6.13. The van der Waals surface area contributed by atoms with E-state index in [1.807, 2.05) is 18.2 Å². The second-order valence-electron chi connectivity index (χ2n) is 3.04. The Labute approximate surface area is 72.4 Å². The van der Waals surface area contributed by atoms with E-state index in [-0.39, 0.29) is 13.5 Å². The van der Waals surface area contributed by atoms with Crippen LogP contribution < -0.4 is 5.73 Å². The van der Waals surface area contributed by atoms with Crippen LogP contribution in [0.3, 0.4) is 0 Å². The van der Waals surface area contributed by atoms with E-state index in [9.17, 15) is 4.39 Å². The maximum Gasteiger partial charge on any atom is 0.152 e. The normalized spacial score (nSPS) is 32.3. The van der Waals surface area contributed by atoms with Gasteiger partial charge in [-0.15, -0.1) is 0 Å². The van der Waals surface area contributed by atoms with E-state index in [2.05, 4.69) is 0 Å². The van der Waals surface area contributed by atoms with Gasteiger partial charge in [-0.25, -0.2) is 4.39 Å². The van der Waals surface area contributed by atoms with Crippen LogP contribution in [-0.4, -0.2) is 6.04 Å². The van der Waals surface area contributed by atoms with Crippen LogP contribution in [0.5, 0.6) is 0 Å². The molecule has 1 aliphatic rings. The van der Waals surface area contributed by atoms with E-state index < -0.39 is 5.67 Å². The molecule has 1 aliphatic carbocycles. The third-order valence-corrected chi connectivity index (χ3v) is 2.20. The van der Waals surface area contributed by atoms with Gasteiger partial charge in [-0.3, -0.25) is 0 Å². The molecule has 0 unspecified atom stereocenters. The third kappa shape index (κ3) is 1.23. The summed E-state index contributed by atoms with van der Waals surface area (Å²) in [6, 6.07) is 8.83. The SMILES string of the molecule is C.N[C@H]1C[C@]1(F)c1ccccc1. The maximum atomic E-state index is 13.5. The summed E-state index contributed by atoms with van der Waals surface area (Å²) in [7, 11) is 0. The quantitative estimate of drug-likeness (QED) is 0.682. The molecule has 0 aliphatic heterocycles. The zero-order chi connectivity index (χ0) is 7.90. The highest BCUT2D eigenvalue weighted by atomic mass is 19.1. The Morgan fingerprint density at radius 3 is 2.25 bits per heavy atom. The van der Waals surface area contributed by atoms with Crippen molar-refractivity contribution >= 4 is 0 Å². The van der Waals surface area contributed by atoms with Gasteiger partial charge in [0.1, 0.15) is 0 Å². The van der Waals surface area contributed by atoms with Gasteiger partial charge in [-0.05, 0) is 5.56 Å². The first kappa shape index (κ1) is 9.20. The lowest BCUT2D eigenvalue weighted by Crippen LogP contribution is -2.12. The van der Waals surface area contributed by atoms with Crippen LogP contribution in [0.25, 0.3) is 0 Å². The summed E-state index contributed by atoms with van der Waals surface area (Å²) in [4.78, 5) is 0. The summed E-state index contributed by atoms with van der Waals surface area (Å²) in [5.74, 6) is 0. The molecule has 1 fully saturated rings. The minimum atomic E-state index is -1.22. The van der Waals surface area contributed by atoms with Crippen LogP contribution in [0.2, 0.25) is 0 Å². The Bertz CT molecular complexity index is 260. The molecule has 0 spiro atoms. The molecule has 0 radical (unpaired) electrons. The molecule has 0 saturated heterocycles. The van der Waals surface area contributed by atoms with Crippen molar-refractivity contribution in [2.75, 3.05) is 0 Å². The molecule has 1 aromatic carbocycles. The highest BCUT2D eigenvalue weighted by Gasteiger charge is 2.54. The molecule has 12 heavy (non-hydrogen) atoms. The molecule has 1 aromatic rings. The van der Waals surface area contributed by atoms with Gasteiger partial charge in [-0.2, -0.15) is 0 Å². The highest BCUT2D eigenvalue weighted by Crippen LogP contribution is 2.48. The van der Waals surface area contributed by atoms with Crippen LogP contribution in [0.1, 0.15) is 19.4 Å². The first-order chi connectivity index (χ1) is 5.23. The third-order valence-electron chi connectivity index (χ3n) is 2.20. The fourth-order valence-electron chi connectivity index (χ4n) is 1.31. The Kier molecular flexibility index (Phi) is 2.20. The molecule has 2 atom stereocenters. The second kappa shape index (κ2) is 2.87. The van der Waals surface area contributed by atoms with Gasteiger partial charge < -0.3 is 5.73 Å². The molecule has 0 amide bonds. The predicted molar refractivity (Wildman–Crippen MR) is 48.6 cm³/mol. The van der Waals surface area contributed by atoms with Crippen LogP contribution >= 0.6 is 0 Å². The molecule has 1 nitrogen and oxygen atoms in total. The van der Waals surface area contributed by atoms with Gasteiger partial charge in [0.15, 0.2) is 5.67 Å². The zero-order valence-electron chi connectivity index (χ0n) is 6.13. The molecular formula is C10H14FN. The van der Waals surface area contributed by atoms with Crippen molar-refractivity contribution in [2.24, 2.45) is 5.73 Å². The average Bonchev–Trinajstić information content (AvgIpc) is 2.64. The Balaban J connectivity index is 0.000000720. The fraction of sp³-hybridized carbons (Fsp3) is 0.400. The van der Waals surface area contributed by atoms with Crippen molar-refractivity contribution in [3.63, 3.8) is 0 Å². The van der Waals surface area contributed by atoms with Crippen molar-refractivity contribution in [1.82, 2.24) is 0 Å². The lowest BCUT2D eigenvalue weighted by atomic mass is 10.1. The topological polar surface area (TPSA) is 26.0 Å². The number of rotatable bonds is 1. The van der Waals surface area contributed by atoms with Crippen LogP contribution in [0.15, 0.2) is 30.3 Å². The first-order valence-electron chi connectivity index (χ1n) is 3.73. The summed E-state index contributed by atoms with van der Waals surface area (Å²) >= 11 is 0. The average molecular weight is 167 g/mol. The lowest BCUT2D eigenvalue weighted by molar-refractivity contribution is 0.306. The Hall–Kier alpha value is -0.890. The van der Waals surface area contributed by atoms with Gasteiger partial charge in [0.2, 0.25) is 0 Å². The predicted octanol–water partition coefficient (Wildman–Crippen LogP) is 2.22. The number of hydrogen-bond donors (Lipinski definition) is 1. The van der Waals surface area contributed by atoms with E-state index in [0.29, 0.717) is 12.0 Å². The van der Waals surface area contributed by atoms with Crippen LogP contribution in [0.4, 0.5) is 4.39 Å². The minimum Gasteiger partial charge on any atom is -0.325 e. The van der Waals surface area contributed by atoms with Crippen molar-refractivity contribution in [1.29, 1.82) is 0 Å². The number of nitrogens with two attached hydrogens (primary N) is 1. The molecule has 1 saturated carbocycles. The minimum absolute atomic E-state index is 0. The molecule has 2 rings (SSSR count). The second-order valence-corrected chi connectivity index (χ2v) is 3.04. The summed E-state index contributed by atoms with van der Waals surface area (Å²) in [5.41, 5.74) is 4.95. The van der Waals surface area contributed by atoms with Gasteiger partial charge in [0.25, 0.3) is 0 Å². The summed E-state index contributed by atoms with van der Waals surface area (Å²) in [5, 5.41) is 0. The first-order valence-corrected chi connectivity index (χ1v) is 3.73. The summed E-state index contributed by atoms with van der Waals surface area (Å²) in [6.07, 6.45) is 0.469. The molecule has 66 valence electrons. The molecular weight excluding hydrogens is 153 g/mol. The maximum absolute atomic E-state index is 13.5. The molecule has 2 heteroatoms. The number of alkyl halides is 1. The van der Waals surface area contributed by atoms with Crippen molar-refractivity contribution in [3.8, 4) is 0 Å². The van der Waals surface area contributed by atoms with E-state index in [1.165, 1.54) is 0 Å². The molecule has 2 N–H and O–H groups in total. The summed E-state index contributed by atoms with van der Waals surface area (Å²) in [6.45, 7) is 0. The molecule has 0 aromatic heterocycles. The molecule has 0 heterocycles.